The standard InChI is InChI=1S/C18H24FN5/c19-16-2-3-18(24-7-1-5-21-24)15(12-16)14-22-8-10-23(11-9-22)17-4-6-20-13-17/h1-3,5,7,12,17,20H,4,6,8-11,13-14H2. The summed E-state index contributed by atoms with van der Waals surface area (Å²) in [5, 5.41) is 7.74. The summed E-state index contributed by atoms with van der Waals surface area (Å²) < 4.78 is 15.6. The minimum atomic E-state index is -0.184. The van der Waals surface area contributed by atoms with Crippen LogP contribution in [0.15, 0.2) is 36.7 Å². The number of hydrogen-bond donors (Lipinski definition) is 1. The molecule has 3 heterocycles. The lowest BCUT2D eigenvalue weighted by Gasteiger charge is -2.38. The van der Waals surface area contributed by atoms with E-state index in [1.54, 1.807) is 12.3 Å². The molecule has 1 aromatic heterocycles. The number of rotatable bonds is 4. The highest BCUT2D eigenvalue weighted by Crippen LogP contribution is 2.19. The third-order valence-electron chi connectivity index (χ3n) is 5.14. The minimum Gasteiger partial charge on any atom is -0.315 e. The molecule has 2 aliphatic rings. The van der Waals surface area contributed by atoms with Crippen molar-refractivity contribution in [3.63, 3.8) is 0 Å². The first kappa shape index (κ1) is 15.7. The summed E-state index contributed by atoms with van der Waals surface area (Å²) in [6, 6.07) is 7.55. The molecule has 1 unspecified atom stereocenters. The van der Waals surface area contributed by atoms with Crippen molar-refractivity contribution in [2.75, 3.05) is 39.3 Å². The molecular formula is C18H24FN5. The van der Waals surface area contributed by atoms with Gasteiger partial charge in [-0.2, -0.15) is 5.10 Å². The predicted octanol–water partition coefficient (Wildman–Crippen LogP) is 1.49. The summed E-state index contributed by atoms with van der Waals surface area (Å²) >= 11 is 0. The summed E-state index contributed by atoms with van der Waals surface area (Å²) in [6.07, 6.45) is 4.91. The van der Waals surface area contributed by atoms with Crippen LogP contribution < -0.4 is 5.32 Å². The molecule has 1 N–H and O–H groups in total. The fourth-order valence-corrected chi connectivity index (χ4v) is 3.79. The smallest absolute Gasteiger partial charge is 0.123 e. The number of hydrogen-bond acceptors (Lipinski definition) is 4. The zero-order chi connectivity index (χ0) is 16.4. The Hall–Kier alpha value is -1.76. The molecule has 0 spiro atoms. The number of piperazine rings is 1. The van der Waals surface area contributed by atoms with Crippen LogP contribution in [0.2, 0.25) is 0 Å². The van der Waals surface area contributed by atoms with Crippen LogP contribution in [0.5, 0.6) is 0 Å². The molecule has 24 heavy (non-hydrogen) atoms. The van der Waals surface area contributed by atoms with E-state index in [2.05, 4.69) is 20.2 Å². The number of halogens is 1. The highest BCUT2D eigenvalue weighted by atomic mass is 19.1. The second kappa shape index (κ2) is 7.01. The van der Waals surface area contributed by atoms with E-state index in [0.29, 0.717) is 6.04 Å². The van der Waals surface area contributed by atoms with Gasteiger partial charge in [0.15, 0.2) is 0 Å². The molecule has 4 rings (SSSR count). The van der Waals surface area contributed by atoms with Gasteiger partial charge >= 0.3 is 0 Å². The van der Waals surface area contributed by atoms with Gasteiger partial charge in [-0.15, -0.1) is 0 Å². The summed E-state index contributed by atoms with van der Waals surface area (Å²) in [7, 11) is 0. The topological polar surface area (TPSA) is 36.3 Å². The summed E-state index contributed by atoms with van der Waals surface area (Å²) in [4.78, 5) is 5.01. The molecule has 2 aromatic rings. The van der Waals surface area contributed by atoms with Gasteiger partial charge in [-0.25, -0.2) is 9.07 Å². The fourth-order valence-electron chi connectivity index (χ4n) is 3.79. The molecule has 1 aromatic carbocycles. The van der Waals surface area contributed by atoms with Gasteiger partial charge in [0.05, 0.1) is 5.69 Å². The molecule has 5 nitrogen and oxygen atoms in total. The molecule has 128 valence electrons. The number of benzene rings is 1. The first-order valence-electron chi connectivity index (χ1n) is 8.75. The van der Waals surface area contributed by atoms with Crippen molar-refractivity contribution in [1.29, 1.82) is 0 Å². The third kappa shape index (κ3) is 3.36. The van der Waals surface area contributed by atoms with Crippen LogP contribution in [0.4, 0.5) is 4.39 Å². The highest BCUT2D eigenvalue weighted by molar-refractivity contribution is 5.40. The highest BCUT2D eigenvalue weighted by Gasteiger charge is 2.26. The fraction of sp³-hybridized carbons (Fsp3) is 0.500. The molecule has 0 radical (unpaired) electrons. The van der Waals surface area contributed by atoms with Gasteiger partial charge in [0.25, 0.3) is 0 Å². The first-order valence-corrected chi connectivity index (χ1v) is 8.75. The van der Waals surface area contributed by atoms with Crippen molar-refractivity contribution >= 4 is 0 Å². The zero-order valence-electron chi connectivity index (χ0n) is 13.9. The van der Waals surface area contributed by atoms with E-state index in [4.69, 9.17) is 0 Å². The molecular weight excluding hydrogens is 305 g/mol. The van der Waals surface area contributed by atoms with Crippen molar-refractivity contribution < 1.29 is 4.39 Å². The largest absolute Gasteiger partial charge is 0.315 e. The Kier molecular flexibility index (Phi) is 4.60. The van der Waals surface area contributed by atoms with Gasteiger partial charge in [-0.3, -0.25) is 9.80 Å². The summed E-state index contributed by atoms with van der Waals surface area (Å²) in [5.41, 5.74) is 1.96. The monoisotopic (exact) mass is 329 g/mol. The molecule has 1 atom stereocenters. The van der Waals surface area contributed by atoms with E-state index < -0.39 is 0 Å². The summed E-state index contributed by atoms with van der Waals surface area (Å²) in [5.74, 6) is -0.184. The molecule has 6 heteroatoms. The van der Waals surface area contributed by atoms with Crippen molar-refractivity contribution in [2.45, 2.75) is 19.0 Å². The van der Waals surface area contributed by atoms with Gasteiger partial charge in [-0.1, -0.05) is 0 Å². The van der Waals surface area contributed by atoms with E-state index in [9.17, 15) is 4.39 Å². The van der Waals surface area contributed by atoms with Crippen LogP contribution in [-0.4, -0.2) is 64.9 Å². The van der Waals surface area contributed by atoms with Gasteiger partial charge < -0.3 is 5.32 Å². The van der Waals surface area contributed by atoms with Gasteiger partial charge in [0.1, 0.15) is 5.82 Å². The average molecular weight is 329 g/mol. The Labute approximate surface area is 142 Å². The van der Waals surface area contributed by atoms with E-state index in [1.807, 2.05) is 23.0 Å². The van der Waals surface area contributed by atoms with Crippen molar-refractivity contribution in [3.05, 3.63) is 48.0 Å². The minimum absolute atomic E-state index is 0.184. The number of aromatic nitrogens is 2. The Morgan fingerprint density at radius 3 is 2.79 bits per heavy atom. The van der Waals surface area contributed by atoms with Crippen LogP contribution >= 0.6 is 0 Å². The van der Waals surface area contributed by atoms with E-state index in [1.165, 1.54) is 12.5 Å². The zero-order valence-corrected chi connectivity index (χ0v) is 13.9. The Morgan fingerprint density at radius 1 is 1.21 bits per heavy atom. The lowest BCUT2D eigenvalue weighted by atomic mass is 10.1. The van der Waals surface area contributed by atoms with Crippen LogP contribution in [0.25, 0.3) is 5.69 Å². The molecule has 0 aliphatic carbocycles. The molecule has 0 amide bonds. The van der Waals surface area contributed by atoms with Crippen LogP contribution in [0.3, 0.4) is 0 Å². The molecule has 0 saturated carbocycles. The molecule has 2 saturated heterocycles. The predicted molar refractivity (Wildman–Crippen MR) is 91.6 cm³/mol. The second-order valence-electron chi connectivity index (χ2n) is 6.68. The Bertz CT molecular complexity index is 658. The van der Waals surface area contributed by atoms with E-state index in [0.717, 1.165) is 57.1 Å². The summed E-state index contributed by atoms with van der Waals surface area (Å²) in [6.45, 7) is 7.28. The van der Waals surface area contributed by atoms with Crippen LogP contribution in [0.1, 0.15) is 12.0 Å². The van der Waals surface area contributed by atoms with E-state index in [-0.39, 0.29) is 5.82 Å². The Morgan fingerprint density at radius 2 is 2.08 bits per heavy atom. The van der Waals surface area contributed by atoms with Gasteiger partial charge in [-0.05, 0) is 42.8 Å². The molecule has 2 fully saturated rings. The van der Waals surface area contributed by atoms with Crippen molar-refractivity contribution in [3.8, 4) is 5.69 Å². The second-order valence-corrected chi connectivity index (χ2v) is 6.68. The van der Waals surface area contributed by atoms with Crippen molar-refractivity contribution in [2.24, 2.45) is 0 Å². The van der Waals surface area contributed by atoms with Crippen LogP contribution in [0, 0.1) is 5.82 Å². The van der Waals surface area contributed by atoms with Gasteiger partial charge in [0, 0.05) is 57.7 Å². The lowest BCUT2D eigenvalue weighted by Crippen LogP contribution is -2.50. The number of nitrogens with one attached hydrogen (secondary N) is 1. The molecule has 2 aliphatic heterocycles. The Balaban J connectivity index is 1.43. The third-order valence-corrected chi connectivity index (χ3v) is 5.14. The maximum absolute atomic E-state index is 13.7. The van der Waals surface area contributed by atoms with Gasteiger partial charge in [0.2, 0.25) is 0 Å². The molecule has 0 bridgehead atoms. The van der Waals surface area contributed by atoms with Crippen LogP contribution in [-0.2, 0) is 6.54 Å². The van der Waals surface area contributed by atoms with Crippen molar-refractivity contribution in [1.82, 2.24) is 24.9 Å². The lowest BCUT2D eigenvalue weighted by molar-refractivity contribution is 0.0980. The quantitative estimate of drug-likeness (QED) is 0.922. The maximum atomic E-state index is 13.7. The maximum Gasteiger partial charge on any atom is 0.123 e. The first-order chi connectivity index (χ1) is 11.8. The normalized spacial score (nSPS) is 23.0. The van der Waals surface area contributed by atoms with E-state index >= 15 is 0 Å². The average Bonchev–Trinajstić information content (AvgIpc) is 3.30. The number of nitrogens with zero attached hydrogens (tertiary/aromatic N) is 4. The SMILES string of the molecule is Fc1ccc(-n2cccn2)c(CN2CCN(C3CCNC3)CC2)c1.